The molecule has 288 valence electrons. The lowest BCUT2D eigenvalue weighted by Crippen LogP contribution is -2.10. The van der Waals surface area contributed by atoms with Crippen LogP contribution in [0.3, 0.4) is 0 Å². The Kier molecular flexibility index (Phi) is 10.4. The Morgan fingerprint density at radius 1 is 0.180 bits per heavy atom. The average Bonchev–Trinajstić information content (AvgIpc) is 3.35. The van der Waals surface area contributed by atoms with E-state index < -0.39 is 0 Å². The van der Waals surface area contributed by atoms with Crippen molar-refractivity contribution >= 4 is 17.1 Å². The number of rotatable bonds is 10. The highest BCUT2D eigenvalue weighted by molar-refractivity contribution is 5.96. The minimum absolute atomic E-state index is 1.08. The van der Waals surface area contributed by atoms with E-state index in [0.29, 0.717) is 0 Å². The molecule has 0 unspecified atom stereocenters. The smallest absolute Gasteiger partial charge is 0.0467 e. The summed E-state index contributed by atoms with van der Waals surface area (Å²) in [5.41, 5.74) is 20.0. The lowest BCUT2D eigenvalue weighted by molar-refractivity contribution is 1.28. The fourth-order valence-corrected chi connectivity index (χ4v) is 8.40. The fraction of sp³-hybridized carbons (Fsp3) is 0. The maximum atomic E-state index is 2.37. The quantitative estimate of drug-likeness (QED) is 0.134. The van der Waals surface area contributed by atoms with Crippen LogP contribution in [0.5, 0.6) is 0 Å². The summed E-state index contributed by atoms with van der Waals surface area (Å²) in [5.74, 6) is 0. The molecule has 10 rings (SSSR count). The summed E-state index contributed by atoms with van der Waals surface area (Å²) in [5, 5.41) is 0. The molecule has 1 nitrogen and oxygen atoms in total. The van der Waals surface area contributed by atoms with Gasteiger partial charge < -0.3 is 4.90 Å². The zero-order chi connectivity index (χ0) is 40.8. The van der Waals surface area contributed by atoms with E-state index in [1.54, 1.807) is 0 Å². The van der Waals surface area contributed by atoms with Gasteiger partial charge in [0.2, 0.25) is 0 Å². The van der Waals surface area contributed by atoms with E-state index in [1.165, 1.54) is 72.3 Å². The first-order valence-electron chi connectivity index (χ1n) is 20.9. The van der Waals surface area contributed by atoms with E-state index in [1.807, 2.05) is 0 Å². The Morgan fingerprint density at radius 3 is 0.885 bits per heavy atom. The van der Waals surface area contributed by atoms with Crippen molar-refractivity contribution in [2.75, 3.05) is 4.90 Å². The van der Waals surface area contributed by atoms with Crippen molar-refractivity contribution in [1.82, 2.24) is 0 Å². The van der Waals surface area contributed by atoms with Crippen LogP contribution in [0.15, 0.2) is 261 Å². The van der Waals surface area contributed by atoms with Crippen molar-refractivity contribution in [2.45, 2.75) is 0 Å². The highest BCUT2D eigenvalue weighted by Crippen LogP contribution is 2.44. The third-order valence-electron chi connectivity index (χ3n) is 11.5. The standard InChI is InChI=1S/C60H43N/c1-5-15-44(16-6-1)48-27-31-52(32-28-48)58-25-14-26-59(60(58)53-33-29-49(30-34-53)45-17-7-2-8-18-45)54-23-13-24-57(43-54)61(55-39-35-50(36-40-55)46-19-9-3-10-20-46)56-41-37-51(38-42-56)47-21-11-4-12-22-47/h1-43H. The van der Waals surface area contributed by atoms with Gasteiger partial charge in [-0.25, -0.2) is 0 Å². The molecule has 0 saturated carbocycles. The van der Waals surface area contributed by atoms with Crippen LogP contribution in [-0.4, -0.2) is 0 Å². The predicted octanol–water partition coefficient (Wildman–Crippen LogP) is 16.8. The van der Waals surface area contributed by atoms with Gasteiger partial charge in [0.15, 0.2) is 0 Å². The van der Waals surface area contributed by atoms with Gasteiger partial charge in [-0.3, -0.25) is 0 Å². The van der Waals surface area contributed by atoms with Gasteiger partial charge in [0, 0.05) is 17.1 Å². The molecule has 10 aromatic carbocycles. The lowest BCUT2D eigenvalue weighted by Gasteiger charge is -2.27. The summed E-state index contributed by atoms with van der Waals surface area (Å²) in [4.78, 5) is 2.37. The maximum absolute atomic E-state index is 2.37. The monoisotopic (exact) mass is 777 g/mol. The van der Waals surface area contributed by atoms with Crippen LogP contribution in [0.25, 0.3) is 77.9 Å². The summed E-state index contributed by atoms with van der Waals surface area (Å²) in [6.45, 7) is 0. The van der Waals surface area contributed by atoms with Gasteiger partial charge in [0.05, 0.1) is 0 Å². The summed E-state index contributed by atoms with van der Waals surface area (Å²) in [6.07, 6.45) is 0. The van der Waals surface area contributed by atoms with E-state index in [2.05, 4.69) is 266 Å². The van der Waals surface area contributed by atoms with Crippen LogP contribution in [0.1, 0.15) is 0 Å². The summed E-state index contributed by atoms with van der Waals surface area (Å²) in [7, 11) is 0. The molecule has 0 fully saturated rings. The number of benzene rings is 10. The van der Waals surface area contributed by atoms with Crippen LogP contribution in [0.2, 0.25) is 0 Å². The highest BCUT2D eigenvalue weighted by Gasteiger charge is 2.18. The first kappa shape index (κ1) is 37.3. The third-order valence-corrected chi connectivity index (χ3v) is 11.5. The van der Waals surface area contributed by atoms with E-state index in [-0.39, 0.29) is 0 Å². The van der Waals surface area contributed by atoms with E-state index in [9.17, 15) is 0 Å². The Labute approximate surface area is 359 Å². The summed E-state index contributed by atoms with van der Waals surface area (Å²) < 4.78 is 0. The molecule has 0 N–H and O–H groups in total. The summed E-state index contributed by atoms with van der Waals surface area (Å²) in [6, 6.07) is 94.0. The normalized spacial score (nSPS) is 11.0. The minimum Gasteiger partial charge on any atom is -0.310 e. The largest absolute Gasteiger partial charge is 0.310 e. The first-order valence-corrected chi connectivity index (χ1v) is 20.9. The zero-order valence-electron chi connectivity index (χ0n) is 33.8. The van der Waals surface area contributed by atoms with Crippen molar-refractivity contribution in [3.05, 3.63) is 261 Å². The molecule has 0 aliphatic rings. The number of hydrogen-bond acceptors (Lipinski definition) is 1. The van der Waals surface area contributed by atoms with Crippen LogP contribution in [0, 0.1) is 0 Å². The Bertz CT molecular complexity index is 2910. The first-order chi connectivity index (χ1) is 30.2. The number of anilines is 3. The van der Waals surface area contributed by atoms with Crippen molar-refractivity contribution in [3.63, 3.8) is 0 Å². The summed E-state index contributed by atoms with van der Waals surface area (Å²) >= 11 is 0. The molecular weight excluding hydrogens is 735 g/mol. The van der Waals surface area contributed by atoms with Gasteiger partial charge in [-0.15, -0.1) is 0 Å². The second-order valence-corrected chi connectivity index (χ2v) is 15.3. The van der Waals surface area contributed by atoms with Crippen LogP contribution < -0.4 is 4.90 Å². The Hall–Kier alpha value is -8.00. The lowest BCUT2D eigenvalue weighted by atomic mass is 9.86. The predicted molar refractivity (Wildman–Crippen MR) is 259 cm³/mol. The van der Waals surface area contributed by atoms with Crippen LogP contribution in [0.4, 0.5) is 17.1 Å². The fourth-order valence-electron chi connectivity index (χ4n) is 8.40. The molecule has 0 bridgehead atoms. The van der Waals surface area contributed by atoms with Crippen molar-refractivity contribution in [3.8, 4) is 77.9 Å². The number of nitrogens with zero attached hydrogens (tertiary/aromatic N) is 1. The van der Waals surface area contributed by atoms with E-state index in [4.69, 9.17) is 0 Å². The highest BCUT2D eigenvalue weighted by atomic mass is 15.1. The molecule has 0 aromatic heterocycles. The van der Waals surface area contributed by atoms with Gasteiger partial charge in [-0.2, -0.15) is 0 Å². The average molecular weight is 778 g/mol. The number of hydrogen-bond donors (Lipinski definition) is 0. The van der Waals surface area contributed by atoms with Crippen molar-refractivity contribution in [1.29, 1.82) is 0 Å². The third kappa shape index (κ3) is 7.93. The molecule has 0 aliphatic heterocycles. The van der Waals surface area contributed by atoms with Crippen molar-refractivity contribution in [2.24, 2.45) is 0 Å². The Balaban J connectivity index is 1.10. The minimum atomic E-state index is 1.08. The van der Waals surface area contributed by atoms with Gasteiger partial charge >= 0.3 is 0 Å². The van der Waals surface area contributed by atoms with Gasteiger partial charge in [0.1, 0.15) is 0 Å². The van der Waals surface area contributed by atoms with Gasteiger partial charge in [0.25, 0.3) is 0 Å². The van der Waals surface area contributed by atoms with Crippen molar-refractivity contribution < 1.29 is 0 Å². The molecule has 0 spiro atoms. The second kappa shape index (κ2) is 17.1. The molecule has 0 heterocycles. The van der Waals surface area contributed by atoms with Crippen LogP contribution in [-0.2, 0) is 0 Å². The molecule has 0 amide bonds. The molecule has 0 radical (unpaired) electrons. The molecule has 10 aromatic rings. The van der Waals surface area contributed by atoms with Gasteiger partial charge in [-0.05, 0) is 114 Å². The second-order valence-electron chi connectivity index (χ2n) is 15.3. The van der Waals surface area contributed by atoms with E-state index in [0.717, 1.165) is 22.6 Å². The SMILES string of the molecule is c1ccc(-c2ccc(-c3cccc(-c4cccc(N(c5ccc(-c6ccccc6)cc5)c5ccc(-c6ccccc6)cc5)c4)c3-c3ccc(-c4ccccc4)cc3)cc2)cc1. The molecule has 0 aliphatic carbocycles. The van der Waals surface area contributed by atoms with E-state index >= 15 is 0 Å². The Morgan fingerprint density at radius 2 is 0.475 bits per heavy atom. The van der Waals surface area contributed by atoms with Gasteiger partial charge in [-0.1, -0.05) is 224 Å². The topological polar surface area (TPSA) is 3.24 Å². The molecule has 0 atom stereocenters. The zero-order valence-corrected chi connectivity index (χ0v) is 33.8. The van der Waals surface area contributed by atoms with Crippen LogP contribution >= 0.6 is 0 Å². The molecular formula is C60H43N. The molecule has 0 saturated heterocycles. The maximum Gasteiger partial charge on any atom is 0.0467 e. The molecule has 61 heavy (non-hydrogen) atoms. The molecule has 1 heteroatoms.